The molecule has 0 rings (SSSR count). The molecule has 0 N–H and O–H groups in total. The highest BCUT2D eigenvalue weighted by Gasteiger charge is 2.22. The molecule has 1 atom stereocenters. The molecule has 0 aromatic heterocycles. The van der Waals surface area contributed by atoms with Crippen LogP contribution in [0.4, 0.5) is 0 Å². The lowest BCUT2D eigenvalue weighted by atomic mass is 9.84. The van der Waals surface area contributed by atoms with Crippen molar-refractivity contribution in [2.24, 2.45) is 5.41 Å². The first-order valence-corrected chi connectivity index (χ1v) is 5.72. The van der Waals surface area contributed by atoms with Gasteiger partial charge in [-0.05, 0) is 12.8 Å². The largest absolute Gasteiger partial charge is 0.465 e. The van der Waals surface area contributed by atoms with Gasteiger partial charge in [0, 0.05) is 12.5 Å². The van der Waals surface area contributed by atoms with Crippen LogP contribution in [-0.2, 0) is 14.3 Å². The summed E-state index contributed by atoms with van der Waals surface area (Å²) >= 11 is 0. The quantitative estimate of drug-likeness (QED) is 0.585. The number of ether oxygens (including phenoxy) is 2. The van der Waals surface area contributed by atoms with Gasteiger partial charge in [-0.2, -0.15) is 0 Å². The Labute approximate surface area is 93.1 Å². The highest BCUT2D eigenvalue weighted by molar-refractivity contribution is 5.69. The summed E-state index contributed by atoms with van der Waals surface area (Å²) in [6.07, 6.45) is 3.61. The van der Waals surface area contributed by atoms with Crippen LogP contribution in [0.2, 0.25) is 0 Å². The van der Waals surface area contributed by atoms with Crippen LogP contribution in [0.25, 0.3) is 0 Å². The van der Waals surface area contributed by atoms with E-state index in [-0.39, 0.29) is 11.4 Å². The standard InChI is InChI=1S/C12H24O3/c1-5-8-12(3,6-2)10-15-11(13)7-9-14-4/h5-10H2,1-4H3. The van der Waals surface area contributed by atoms with Crippen molar-refractivity contribution < 1.29 is 14.3 Å². The summed E-state index contributed by atoms with van der Waals surface area (Å²) < 4.78 is 10.1. The van der Waals surface area contributed by atoms with Crippen molar-refractivity contribution in [1.82, 2.24) is 0 Å². The third-order valence-corrected chi connectivity index (χ3v) is 2.80. The predicted octanol–water partition coefficient (Wildman–Crippen LogP) is 2.78. The van der Waals surface area contributed by atoms with Gasteiger partial charge in [0.05, 0.1) is 19.6 Å². The topological polar surface area (TPSA) is 35.5 Å². The van der Waals surface area contributed by atoms with Crippen molar-refractivity contribution >= 4 is 5.97 Å². The molecular weight excluding hydrogens is 192 g/mol. The zero-order chi connectivity index (χ0) is 11.7. The first-order valence-electron chi connectivity index (χ1n) is 5.72. The summed E-state index contributed by atoms with van der Waals surface area (Å²) in [5.41, 5.74) is 0.136. The molecule has 0 heterocycles. The molecule has 3 nitrogen and oxygen atoms in total. The third kappa shape index (κ3) is 6.50. The number of methoxy groups -OCH3 is 1. The van der Waals surface area contributed by atoms with Crippen molar-refractivity contribution in [3.05, 3.63) is 0 Å². The maximum absolute atomic E-state index is 11.3. The molecule has 0 radical (unpaired) electrons. The molecule has 0 amide bonds. The first kappa shape index (κ1) is 14.4. The summed E-state index contributed by atoms with van der Waals surface area (Å²) in [5, 5.41) is 0. The Morgan fingerprint density at radius 2 is 2.00 bits per heavy atom. The van der Waals surface area contributed by atoms with E-state index >= 15 is 0 Å². The fourth-order valence-electron chi connectivity index (χ4n) is 1.47. The Kier molecular flexibility index (Phi) is 7.39. The van der Waals surface area contributed by atoms with Crippen LogP contribution in [0.1, 0.15) is 46.5 Å². The molecule has 0 bridgehead atoms. The van der Waals surface area contributed by atoms with Crippen molar-refractivity contribution in [1.29, 1.82) is 0 Å². The van der Waals surface area contributed by atoms with Crippen molar-refractivity contribution in [3.8, 4) is 0 Å². The smallest absolute Gasteiger partial charge is 0.308 e. The molecular formula is C12H24O3. The monoisotopic (exact) mass is 216 g/mol. The highest BCUT2D eigenvalue weighted by atomic mass is 16.5. The molecule has 0 aliphatic rings. The molecule has 0 aromatic carbocycles. The maximum Gasteiger partial charge on any atom is 0.308 e. The van der Waals surface area contributed by atoms with Crippen LogP contribution in [0.3, 0.4) is 0 Å². The van der Waals surface area contributed by atoms with Crippen LogP contribution >= 0.6 is 0 Å². The zero-order valence-corrected chi connectivity index (χ0v) is 10.5. The third-order valence-electron chi connectivity index (χ3n) is 2.80. The number of hydrogen-bond donors (Lipinski definition) is 0. The Morgan fingerprint density at radius 3 is 2.47 bits per heavy atom. The molecule has 3 heteroatoms. The van der Waals surface area contributed by atoms with E-state index in [0.29, 0.717) is 19.6 Å². The van der Waals surface area contributed by atoms with Crippen LogP contribution in [0.5, 0.6) is 0 Å². The maximum atomic E-state index is 11.3. The van der Waals surface area contributed by atoms with E-state index in [1.54, 1.807) is 7.11 Å². The molecule has 0 aliphatic carbocycles. The summed E-state index contributed by atoms with van der Waals surface area (Å²) in [7, 11) is 1.58. The van der Waals surface area contributed by atoms with Gasteiger partial charge < -0.3 is 9.47 Å². The zero-order valence-electron chi connectivity index (χ0n) is 10.5. The van der Waals surface area contributed by atoms with E-state index in [9.17, 15) is 4.79 Å². The summed E-state index contributed by atoms with van der Waals surface area (Å²) in [6, 6.07) is 0. The minimum Gasteiger partial charge on any atom is -0.465 e. The molecule has 0 saturated heterocycles. The van der Waals surface area contributed by atoms with Gasteiger partial charge in [0.2, 0.25) is 0 Å². The van der Waals surface area contributed by atoms with Gasteiger partial charge in [-0.1, -0.05) is 27.2 Å². The van der Waals surface area contributed by atoms with Crippen molar-refractivity contribution in [2.75, 3.05) is 20.3 Å². The Bertz CT molecular complexity index is 180. The summed E-state index contributed by atoms with van der Waals surface area (Å²) in [6.45, 7) is 7.43. The SMILES string of the molecule is CCCC(C)(CC)COC(=O)CCOC. The minimum atomic E-state index is -0.160. The van der Waals surface area contributed by atoms with E-state index < -0.39 is 0 Å². The van der Waals surface area contributed by atoms with Gasteiger partial charge in [0.25, 0.3) is 0 Å². The highest BCUT2D eigenvalue weighted by Crippen LogP contribution is 2.27. The molecule has 0 saturated carbocycles. The van der Waals surface area contributed by atoms with Crippen molar-refractivity contribution in [2.45, 2.75) is 46.5 Å². The lowest BCUT2D eigenvalue weighted by Crippen LogP contribution is -2.24. The summed E-state index contributed by atoms with van der Waals surface area (Å²) in [5.74, 6) is -0.160. The van der Waals surface area contributed by atoms with Gasteiger partial charge in [-0.25, -0.2) is 0 Å². The van der Waals surface area contributed by atoms with E-state index in [4.69, 9.17) is 9.47 Å². The molecule has 15 heavy (non-hydrogen) atoms. The van der Waals surface area contributed by atoms with E-state index in [1.165, 1.54) is 0 Å². The van der Waals surface area contributed by atoms with E-state index in [2.05, 4.69) is 20.8 Å². The van der Waals surface area contributed by atoms with Gasteiger partial charge in [-0.15, -0.1) is 0 Å². The number of rotatable bonds is 8. The molecule has 1 unspecified atom stereocenters. The second kappa shape index (κ2) is 7.69. The Hall–Kier alpha value is -0.570. The lowest BCUT2D eigenvalue weighted by Gasteiger charge is -2.27. The Balaban J connectivity index is 3.84. The predicted molar refractivity (Wildman–Crippen MR) is 60.8 cm³/mol. The molecule has 90 valence electrons. The average Bonchev–Trinajstić information content (AvgIpc) is 2.24. The number of hydrogen-bond acceptors (Lipinski definition) is 3. The van der Waals surface area contributed by atoms with Gasteiger partial charge in [0.1, 0.15) is 0 Å². The number of carbonyl (C=O) groups is 1. The molecule has 0 aliphatic heterocycles. The van der Waals surface area contributed by atoms with Gasteiger partial charge >= 0.3 is 5.97 Å². The van der Waals surface area contributed by atoms with Crippen LogP contribution in [0, 0.1) is 5.41 Å². The summed E-state index contributed by atoms with van der Waals surface area (Å²) in [4.78, 5) is 11.3. The van der Waals surface area contributed by atoms with Crippen LogP contribution < -0.4 is 0 Å². The van der Waals surface area contributed by atoms with Gasteiger partial charge in [-0.3, -0.25) is 4.79 Å². The minimum absolute atomic E-state index is 0.136. The second-order valence-electron chi connectivity index (χ2n) is 4.32. The van der Waals surface area contributed by atoms with Crippen LogP contribution in [0.15, 0.2) is 0 Å². The Morgan fingerprint density at radius 1 is 1.33 bits per heavy atom. The first-order chi connectivity index (χ1) is 7.08. The van der Waals surface area contributed by atoms with E-state index in [0.717, 1.165) is 19.3 Å². The van der Waals surface area contributed by atoms with Crippen LogP contribution in [-0.4, -0.2) is 26.3 Å². The lowest BCUT2D eigenvalue weighted by molar-refractivity contribution is -0.148. The number of esters is 1. The van der Waals surface area contributed by atoms with E-state index in [1.807, 2.05) is 0 Å². The molecule has 0 fully saturated rings. The molecule has 0 aromatic rings. The number of carbonyl (C=O) groups excluding carboxylic acids is 1. The fraction of sp³-hybridized carbons (Fsp3) is 0.917. The second-order valence-corrected chi connectivity index (χ2v) is 4.32. The average molecular weight is 216 g/mol. The fourth-order valence-corrected chi connectivity index (χ4v) is 1.47. The van der Waals surface area contributed by atoms with Crippen molar-refractivity contribution in [3.63, 3.8) is 0 Å². The van der Waals surface area contributed by atoms with Gasteiger partial charge in [0.15, 0.2) is 0 Å². The molecule has 0 spiro atoms. The normalized spacial score (nSPS) is 14.7.